The first-order chi connectivity index (χ1) is 7.22. The van der Waals surface area contributed by atoms with Gasteiger partial charge in [0, 0.05) is 6.04 Å². The van der Waals surface area contributed by atoms with Crippen molar-refractivity contribution in [3.63, 3.8) is 0 Å². The Hall–Kier alpha value is -0.670. The summed E-state index contributed by atoms with van der Waals surface area (Å²) >= 11 is 0. The van der Waals surface area contributed by atoms with Gasteiger partial charge in [0.15, 0.2) is 0 Å². The van der Waals surface area contributed by atoms with E-state index < -0.39 is 0 Å². The molecular formula is C12H19NO2. The first-order valence-electron chi connectivity index (χ1n) is 5.71. The van der Waals surface area contributed by atoms with Crippen LogP contribution in [-0.4, -0.2) is 30.6 Å². The number of fused-ring (bicyclic) bond motifs is 3. The van der Waals surface area contributed by atoms with Crippen LogP contribution in [0.15, 0.2) is 12.7 Å². The molecule has 4 atom stereocenters. The molecule has 0 aromatic rings. The summed E-state index contributed by atoms with van der Waals surface area (Å²) in [6, 6.07) is 0.441. The van der Waals surface area contributed by atoms with E-state index in [-0.39, 0.29) is 17.9 Å². The van der Waals surface area contributed by atoms with Crippen molar-refractivity contribution in [2.75, 3.05) is 6.61 Å². The lowest BCUT2D eigenvalue weighted by molar-refractivity contribution is -0.125. The minimum absolute atomic E-state index is 0.0762. The molecule has 1 N–H and O–H groups in total. The average Bonchev–Trinajstić information content (AvgIpc) is 2.27. The molecule has 0 unspecified atom stereocenters. The van der Waals surface area contributed by atoms with Crippen molar-refractivity contribution in [2.24, 2.45) is 5.92 Å². The summed E-state index contributed by atoms with van der Waals surface area (Å²) in [5.41, 5.74) is 0. The highest BCUT2D eigenvalue weighted by Gasteiger charge is 2.43. The Kier molecular flexibility index (Phi) is 3.22. The quantitative estimate of drug-likeness (QED) is 0.709. The monoisotopic (exact) mass is 209 g/mol. The summed E-state index contributed by atoms with van der Waals surface area (Å²) in [5, 5.41) is 3.40. The predicted octanol–water partition coefficient (Wildman–Crippen LogP) is 1.29. The lowest BCUT2D eigenvalue weighted by atomic mass is 9.73. The largest absolute Gasteiger partial charge is 0.373 e. The van der Waals surface area contributed by atoms with Crippen molar-refractivity contribution in [1.82, 2.24) is 5.32 Å². The zero-order valence-electron chi connectivity index (χ0n) is 9.24. The molecule has 2 aliphatic heterocycles. The van der Waals surface area contributed by atoms with Crippen LogP contribution in [0.5, 0.6) is 0 Å². The normalized spacial score (nSPS) is 39.0. The van der Waals surface area contributed by atoms with E-state index >= 15 is 0 Å². The Bertz CT molecular complexity index is 264. The van der Waals surface area contributed by atoms with Crippen LogP contribution in [-0.2, 0) is 9.53 Å². The molecule has 0 aromatic heterocycles. The summed E-state index contributed by atoms with van der Waals surface area (Å²) in [6.45, 7) is 5.94. The smallest absolute Gasteiger partial charge is 0.146 e. The molecule has 1 aliphatic carbocycles. The SMILES string of the molecule is C=CCO[C@H]1C[C@H]2CC[C@@H]1N[C@@H]2C(C)=O. The van der Waals surface area contributed by atoms with Crippen LogP contribution in [0, 0.1) is 5.92 Å². The third-order valence-corrected chi connectivity index (χ3v) is 3.56. The number of ether oxygens (including phenoxy) is 1. The molecule has 0 spiro atoms. The highest BCUT2D eigenvalue weighted by molar-refractivity contribution is 5.82. The molecule has 0 amide bonds. The van der Waals surface area contributed by atoms with E-state index in [0.29, 0.717) is 18.6 Å². The highest BCUT2D eigenvalue weighted by Crippen LogP contribution is 2.35. The van der Waals surface area contributed by atoms with Crippen LogP contribution in [0.3, 0.4) is 0 Å². The van der Waals surface area contributed by atoms with Crippen molar-refractivity contribution in [2.45, 2.75) is 44.4 Å². The van der Waals surface area contributed by atoms with Crippen molar-refractivity contribution in [1.29, 1.82) is 0 Å². The summed E-state index contributed by atoms with van der Waals surface area (Å²) in [7, 11) is 0. The van der Waals surface area contributed by atoms with Gasteiger partial charge in [0.2, 0.25) is 0 Å². The average molecular weight is 209 g/mol. The fourth-order valence-electron chi connectivity index (χ4n) is 2.85. The minimum atomic E-state index is 0.0762. The van der Waals surface area contributed by atoms with Crippen LogP contribution in [0.2, 0.25) is 0 Å². The van der Waals surface area contributed by atoms with Gasteiger partial charge in [-0.15, -0.1) is 6.58 Å². The van der Waals surface area contributed by atoms with E-state index in [1.165, 1.54) is 0 Å². The number of carbonyl (C=O) groups excluding carboxylic acids is 1. The molecule has 3 fully saturated rings. The van der Waals surface area contributed by atoms with Crippen molar-refractivity contribution < 1.29 is 9.53 Å². The second-order valence-corrected chi connectivity index (χ2v) is 4.60. The van der Waals surface area contributed by atoms with Crippen LogP contribution in [0.4, 0.5) is 0 Å². The maximum atomic E-state index is 11.4. The van der Waals surface area contributed by atoms with E-state index in [4.69, 9.17) is 4.74 Å². The molecule has 0 radical (unpaired) electrons. The number of hydrogen-bond donors (Lipinski definition) is 1. The molecule has 2 heterocycles. The van der Waals surface area contributed by atoms with Gasteiger partial charge < -0.3 is 10.1 Å². The summed E-state index contributed by atoms with van der Waals surface area (Å²) < 4.78 is 5.70. The molecule has 1 saturated carbocycles. The standard InChI is InChI=1S/C12H19NO2/c1-3-6-15-11-7-9-4-5-10(11)13-12(9)8(2)14/h3,9-13H,1,4-7H2,2H3/t9-,10+,11+,12-/m1/s1. The van der Waals surface area contributed by atoms with Crippen molar-refractivity contribution in [3.05, 3.63) is 12.7 Å². The lowest BCUT2D eigenvalue weighted by Crippen LogP contribution is -2.61. The van der Waals surface area contributed by atoms with Crippen LogP contribution < -0.4 is 5.32 Å². The number of rotatable bonds is 4. The van der Waals surface area contributed by atoms with E-state index in [2.05, 4.69) is 11.9 Å². The maximum absolute atomic E-state index is 11.4. The molecule has 15 heavy (non-hydrogen) atoms. The number of hydrogen-bond acceptors (Lipinski definition) is 3. The van der Waals surface area contributed by atoms with E-state index in [1.807, 2.05) is 0 Å². The Balaban J connectivity index is 1.96. The number of carbonyl (C=O) groups is 1. The topological polar surface area (TPSA) is 38.3 Å². The van der Waals surface area contributed by atoms with Gasteiger partial charge in [-0.2, -0.15) is 0 Å². The second-order valence-electron chi connectivity index (χ2n) is 4.60. The van der Waals surface area contributed by atoms with Gasteiger partial charge >= 0.3 is 0 Å². The Morgan fingerprint density at radius 2 is 2.40 bits per heavy atom. The van der Waals surface area contributed by atoms with E-state index in [0.717, 1.165) is 19.3 Å². The molecule has 2 bridgehead atoms. The number of nitrogens with one attached hydrogen (secondary N) is 1. The van der Waals surface area contributed by atoms with Crippen LogP contribution in [0.25, 0.3) is 0 Å². The maximum Gasteiger partial charge on any atom is 0.146 e. The zero-order chi connectivity index (χ0) is 10.8. The Morgan fingerprint density at radius 1 is 1.60 bits per heavy atom. The van der Waals surface area contributed by atoms with Gasteiger partial charge in [0.05, 0.1) is 18.8 Å². The first-order valence-corrected chi connectivity index (χ1v) is 5.71. The fraction of sp³-hybridized carbons (Fsp3) is 0.750. The summed E-state index contributed by atoms with van der Waals surface area (Å²) in [5.74, 6) is 0.745. The molecule has 3 nitrogen and oxygen atoms in total. The molecule has 3 aliphatic rings. The van der Waals surface area contributed by atoms with Crippen LogP contribution >= 0.6 is 0 Å². The van der Waals surface area contributed by atoms with Crippen molar-refractivity contribution in [3.8, 4) is 0 Å². The van der Waals surface area contributed by atoms with Crippen molar-refractivity contribution >= 4 is 5.78 Å². The minimum Gasteiger partial charge on any atom is -0.373 e. The second kappa shape index (κ2) is 4.45. The Labute approximate surface area is 90.9 Å². The van der Waals surface area contributed by atoms with Gasteiger partial charge in [0.25, 0.3) is 0 Å². The van der Waals surface area contributed by atoms with Gasteiger partial charge in [-0.05, 0) is 32.1 Å². The van der Waals surface area contributed by atoms with Gasteiger partial charge in [-0.25, -0.2) is 0 Å². The highest BCUT2D eigenvalue weighted by atomic mass is 16.5. The van der Waals surface area contributed by atoms with Gasteiger partial charge in [-0.3, -0.25) is 4.79 Å². The predicted molar refractivity (Wildman–Crippen MR) is 58.7 cm³/mol. The van der Waals surface area contributed by atoms with E-state index in [9.17, 15) is 4.79 Å². The lowest BCUT2D eigenvalue weighted by Gasteiger charge is -2.47. The van der Waals surface area contributed by atoms with Crippen LogP contribution in [0.1, 0.15) is 26.2 Å². The molecule has 84 valence electrons. The molecule has 2 saturated heterocycles. The molecule has 3 heteroatoms. The summed E-state index contributed by atoms with van der Waals surface area (Å²) in [6.07, 6.45) is 5.38. The van der Waals surface area contributed by atoms with E-state index in [1.54, 1.807) is 13.0 Å². The molecule has 3 rings (SSSR count). The molecule has 0 aromatic carbocycles. The zero-order valence-corrected chi connectivity index (χ0v) is 9.24. The first kappa shape index (κ1) is 10.8. The molecular weight excluding hydrogens is 190 g/mol. The third-order valence-electron chi connectivity index (χ3n) is 3.56. The fourth-order valence-corrected chi connectivity index (χ4v) is 2.85. The number of piperidine rings is 2. The third kappa shape index (κ3) is 2.13. The summed E-state index contributed by atoms with van der Waals surface area (Å²) in [4.78, 5) is 11.4. The number of ketones is 1. The Morgan fingerprint density at radius 3 is 2.93 bits per heavy atom. The van der Waals surface area contributed by atoms with Gasteiger partial charge in [0.1, 0.15) is 5.78 Å². The number of Topliss-reactive ketones (excluding diaryl/α,β-unsaturated/α-hetero) is 1. The van der Waals surface area contributed by atoms with Gasteiger partial charge in [-0.1, -0.05) is 6.08 Å².